The van der Waals surface area contributed by atoms with E-state index in [1.54, 1.807) is 0 Å². The van der Waals surface area contributed by atoms with Crippen LogP contribution in [0.2, 0.25) is 0 Å². The van der Waals surface area contributed by atoms with Crippen LogP contribution in [0, 0.1) is 11.8 Å². The van der Waals surface area contributed by atoms with Crippen molar-refractivity contribution in [3.63, 3.8) is 0 Å². The Bertz CT molecular complexity index is 681. The van der Waals surface area contributed by atoms with Crippen molar-refractivity contribution >= 4 is 35.9 Å². The summed E-state index contributed by atoms with van der Waals surface area (Å²) >= 11 is 0. The van der Waals surface area contributed by atoms with Crippen molar-refractivity contribution < 1.29 is 9.53 Å². The lowest BCUT2D eigenvalue weighted by Gasteiger charge is -2.23. The van der Waals surface area contributed by atoms with Crippen LogP contribution in [0.4, 0.5) is 0 Å². The lowest BCUT2D eigenvalue weighted by molar-refractivity contribution is -0.145. The summed E-state index contributed by atoms with van der Waals surface area (Å²) in [5.74, 6) is 0.893. The van der Waals surface area contributed by atoms with Crippen LogP contribution in [0.15, 0.2) is 29.3 Å². The molecule has 1 fully saturated rings. The number of rotatable bonds is 7. The Morgan fingerprint density at radius 3 is 2.55 bits per heavy atom. The van der Waals surface area contributed by atoms with E-state index in [0.29, 0.717) is 19.1 Å². The van der Waals surface area contributed by atoms with E-state index in [2.05, 4.69) is 74.1 Å². The molecule has 0 radical (unpaired) electrons. The molecule has 2 rings (SSSR count). The highest BCUT2D eigenvalue weighted by atomic mass is 127. The van der Waals surface area contributed by atoms with E-state index in [9.17, 15) is 4.79 Å². The molecule has 1 aromatic rings. The fourth-order valence-corrected chi connectivity index (χ4v) is 3.50. The van der Waals surface area contributed by atoms with Crippen LogP contribution in [-0.4, -0.2) is 61.6 Å². The van der Waals surface area contributed by atoms with Crippen LogP contribution in [-0.2, 0) is 22.6 Å². The zero-order chi connectivity index (χ0) is 20.7. The second-order valence-corrected chi connectivity index (χ2v) is 7.96. The maximum Gasteiger partial charge on any atom is 0.310 e. The minimum atomic E-state index is -0.132. The molecule has 0 bridgehead atoms. The second kappa shape index (κ2) is 12.4. The van der Waals surface area contributed by atoms with Gasteiger partial charge in [-0.1, -0.05) is 31.2 Å². The number of guanidine groups is 1. The van der Waals surface area contributed by atoms with E-state index in [-0.39, 0.29) is 41.8 Å². The monoisotopic (exact) mass is 516 g/mol. The van der Waals surface area contributed by atoms with Gasteiger partial charge in [0.1, 0.15) is 0 Å². The Balaban J connectivity index is 0.00000420. The van der Waals surface area contributed by atoms with Crippen LogP contribution >= 0.6 is 24.0 Å². The van der Waals surface area contributed by atoms with Gasteiger partial charge in [0, 0.05) is 32.2 Å². The van der Waals surface area contributed by atoms with Crippen LogP contribution in [0.3, 0.4) is 0 Å². The van der Waals surface area contributed by atoms with Crippen molar-refractivity contribution in [3.8, 4) is 0 Å². The number of hydrogen-bond acceptors (Lipinski definition) is 4. The van der Waals surface area contributed by atoms with E-state index in [4.69, 9.17) is 9.73 Å². The number of likely N-dealkylation sites (tertiary alicyclic amines) is 1. The normalized spacial score (nSPS) is 19.4. The highest BCUT2D eigenvalue weighted by molar-refractivity contribution is 14.0. The summed E-state index contributed by atoms with van der Waals surface area (Å²) < 4.78 is 4.96. The molecule has 6 nitrogen and oxygen atoms in total. The molecule has 0 saturated carbocycles. The Kier molecular flexibility index (Phi) is 11.0. The Morgan fingerprint density at radius 2 is 1.97 bits per heavy atom. The molecule has 2 unspecified atom stereocenters. The van der Waals surface area contributed by atoms with Gasteiger partial charge in [-0.2, -0.15) is 0 Å². The largest absolute Gasteiger partial charge is 0.469 e. The molecule has 1 aromatic carbocycles. The number of nitrogens with zero attached hydrogens (tertiary/aromatic N) is 3. The molecular formula is C22H37IN4O2. The van der Waals surface area contributed by atoms with Crippen molar-refractivity contribution in [2.24, 2.45) is 16.8 Å². The second-order valence-electron chi connectivity index (χ2n) is 7.96. The van der Waals surface area contributed by atoms with Crippen molar-refractivity contribution in [1.82, 2.24) is 15.1 Å². The van der Waals surface area contributed by atoms with Crippen molar-refractivity contribution in [2.45, 2.75) is 46.8 Å². The number of methoxy groups -OCH3 is 1. The van der Waals surface area contributed by atoms with Crippen LogP contribution in [0.25, 0.3) is 0 Å². The van der Waals surface area contributed by atoms with Gasteiger partial charge >= 0.3 is 5.97 Å². The molecule has 29 heavy (non-hydrogen) atoms. The summed E-state index contributed by atoms with van der Waals surface area (Å²) in [5.41, 5.74) is 2.54. The third-order valence-corrected chi connectivity index (χ3v) is 5.57. The van der Waals surface area contributed by atoms with Crippen LogP contribution in [0.5, 0.6) is 0 Å². The number of hydrogen-bond donors (Lipinski definition) is 1. The van der Waals surface area contributed by atoms with Crippen LogP contribution in [0.1, 0.15) is 38.8 Å². The highest BCUT2D eigenvalue weighted by Gasteiger charge is 2.36. The first-order valence-corrected chi connectivity index (χ1v) is 10.2. The number of nitrogens with one attached hydrogen (secondary N) is 1. The average molecular weight is 516 g/mol. The first-order valence-electron chi connectivity index (χ1n) is 10.2. The molecule has 1 N–H and O–H groups in total. The number of halogens is 1. The van der Waals surface area contributed by atoms with Gasteiger partial charge in [0.2, 0.25) is 0 Å². The van der Waals surface area contributed by atoms with Gasteiger partial charge in [0.15, 0.2) is 5.96 Å². The van der Waals surface area contributed by atoms with Crippen molar-refractivity contribution in [2.75, 3.05) is 33.8 Å². The van der Waals surface area contributed by atoms with Gasteiger partial charge in [-0.15, -0.1) is 24.0 Å². The van der Waals surface area contributed by atoms with Gasteiger partial charge in [-0.3, -0.25) is 9.69 Å². The minimum absolute atomic E-state index is 0. The standard InChI is InChI=1S/C22H36N4O2.HI/c1-7-23-22(26-13-17(4)20(15-26)21(27)28-6)24-12-18-10-8-9-11-19(18)14-25(5)16(2)3;/h8-11,16-17,20H,7,12-15H2,1-6H3,(H,23,24);1H. The molecule has 1 aliphatic rings. The Labute approximate surface area is 193 Å². The highest BCUT2D eigenvalue weighted by Crippen LogP contribution is 2.24. The third-order valence-electron chi connectivity index (χ3n) is 5.57. The fourth-order valence-electron chi connectivity index (χ4n) is 3.50. The van der Waals surface area contributed by atoms with Crippen molar-refractivity contribution in [3.05, 3.63) is 35.4 Å². The van der Waals surface area contributed by atoms with E-state index < -0.39 is 0 Å². The summed E-state index contributed by atoms with van der Waals surface area (Å²) in [7, 11) is 3.61. The maximum atomic E-state index is 12.0. The fraction of sp³-hybridized carbons (Fsp3) is 0.636. The smallest absolute Gasteiger partial charge is 0.310 e. The number of esters is 1. The third kappa shape index (κ3) is 7.13. The molecule has 0 aliphatic carbocycles. The molecule has 0 aromatic heterocycles. The summed E-state index contributed by atoms with van der Waals surface area (Å²) in [5, 5.41) is 3.38. The zero-order valence-electron chi connectivity index (χ0n) is 18.6. The summed E-state index contributed by atoms with van der Waals surface area (Å²) in [6, 6.07) is 8.99. The molecule has 164 valence electrons. The van der Waals surface area contributed by atoms with Gasteiger partial charge < -0.3 is 15.0 Å². The lowest BCUT2D eigenvalue weighted by atomic mass is 9.99. The van der Waals surface area contributed by atoms with Gasteiger partial charge in [0.05, 0.1) is 19.6 Å². The first-order chi connectivity index (χ1) is 13.4. The quantitative estimate of drug-likeness (QED) is 0.261. The number of carbonyl (C=O) groups excluding carboxylic acids is 1. The van der Waals surface area contributed by atoms with E-state index in [0.717, 1.165) is 25.6 Å². The van der Waals surface area contributed by atoms with Crippen LogP contribution < -0.4 is 5.32 Å². The molecule has 0 amide bonds. The first kappa shape index (κ1) is 25.7. The Hall–Kier alpha value is -1.35. The predicted octanol–water partition coefficient (Wildman–Crippen LogP) is 3.35. The minimum Gasteiger partial charge on any atom is -0.469 e. The Morgan fingerprint density at radius 1 is 1.31 bits per heavy atom. The van der Waals surface area contributed by atoms with Gasteiger partial charge in [-0.05, 0) is 44.9 Å². The summed E-state index contributed by atoms with van der Waals surface area (Å²) in [6.07, 6.45) is 0. The molecule has 1 saturated heterocycles. The molecule has 1 aliphatic heterocycles. The maximum absolute atomic E-state index is 12.0. The molecule has 0 spiro atoms. The predicted molar refractivity (Wildman–Crippen MR) is 130 cm³/mol. The SMILES string of the molecule is CCNC(=NCc1ccccc1CN(C)C(C)C)N1CC(C)C(C(=O)OC)C1.I. The number of carbonyl (C=O) groups is 1. The van der Waals surface area contributed by atoms with Gasteiger partial charge in [0.25, 0.3) is 0 Å². The molecule has 1 heterocycles. The summed E-state index contributed by atoms with van der Waals surface area (Å²) in [4.78, 5) is 21.4. The van der Waals surface area contributed by atoms with E-state index >= 15 is 0 Å². The van der Waals surface area contributed by atoms with E-state index in [1.165, 1.54) is 18.2 Å². The lowest BCUT2D eigenvalue weighted by Crippen LogP contribution is -2.40. The van der Waals surface area contributed by atoms with E-state index in [1.807, 2.05) is 0 Å². The number of aliphatic imine (C=N–C) groups is 1. The molecule has 7 heteroatoms. The zero-order valence-corrected chi connectivity index (χ0v) is 21.0. The molecule has 2 atom stereocenters. The number of benzene rings is 1. The summed E-state index contributed by atoms with van der Waals surface area (Å²) in [6.45, 7) is 12.4. The molecular weight excluding hydrogens is 479 g/mol. The topological polar surface area (TPSA) is 57.2 Å². The van der Waals surface area contributed by atoms with Gasteiger partial charge in [-0.25, -0.2) is 4.99 Å². The van der Waals surface area contributed by atoms with Crippen molar-refractivity contribution in [1.29, 1.82) is 0 Å². The average Bonchev–Trinajstić information content (AvgIpc) is 3.06. The number of ether oxygens (including phenoxy) is 1.